The summed E-state index contributed by atoms with van der Waals surface area (Å²) in [6.45, 7) is 6.92. The van der Waals surface area contributed by atoms with Gasteiger partial charge < -0.3 is 0 Å². The Labute approximate surface area is 167 Å². The van der Waals surface area contributed by atoms with E-state index in [0.29, 0.717) is 0 Å². The molecule has 150 valence electrons. The molecule has 0 bridgehead atoms. The van der Waals surface area contributed by atoms with Crippen LogP contribution in [0.3, 0.4) is 0 Å². The van der Waals surface area contributed by atoms with Crippen molar-refractivity contribution >= 4 is 0 Å². The highest BCUT2D eigenvalue weighted by Gasteiger charge is 2.16. The number of rotatable bonds is 15. The molecule has 2 aromatic rings. The van der Waals surface area contributed by atoms with Crippen LogP contribution in [0.4, 0.5) is 0 Å². The predicted molar refractivity (Wildman–Crippen MR) is 116 cm³/mol. The molecule has 27 heavy (non-hydrogen) atoms. The first-order chi connectivity index (χ1) is 13.3. The maximum Gasteiger partial charge on any atom is 0.256 e. The molecule has 0 saturated carbocycles. The Hall–Kier alpha value is -1.57. The SMILES string of the molecule is CCCCCCCn1cc[n+](CCCc2ccccc2)c1CCCCCC. The zero-order valence-corrected chi connectivity index (χ0v) is 17.8. The van der Waals surface area contributed by atoms with E-state index >= 15 is 0 Å². The Kier molecular flexibility index (Phi) is 10.9. The summed E-state index contributed by atoms with van der Waals surface area (Å²) in [4.78, 5) is 0. The average molecular weight is 370 g/mol. The van der Waals surface area contributed by atoms with Crippen LogP contribution >= 0.6 is 0 Å². The van der Waals surface area contributed by atoms with Crippen LogP contribution in [0.5, 0.6) is 0 Å². The molecular formula is C25H41N2+. The summed E-state index contributed by atoms with van der Waals surface area (Å²) in [7, 11) is 0. The molecule has 0 spiro atoms. The fourth-order valence-corrected chi connectivity index (χ4v) is 3.89. The lowest BCUT2D eigenvalue weighted by Gasteiger charge is -2.06. The molecule has 0 saturated heterocycles. The number of hydrogen-bond donors (Lipinski definition) is 0. The van der Waals surface area contributed by atoms with Crippen molar-refractivity contribution in [1.82, 2.24) is 4.57 Å². The normalized spacial score (nSPS) is 11.2. The highest BCUT2D eigenvalue weighted by Crippen LogP contribution is 2.10. The van der Waals surface area contributed by atoms with Crippen molar-refractivity contribution in [2.75, 3.05) is 0 Å². The summed E-state index contributed by atoms with van der Waals surface area (Å²) < 4.78 is 5.07. The first-order valence-electron chi connectivity index (χ1n) is 11.5. The van der Waals surface area contributed by atoms with Crippen molar-refractivity contribution in [2.24, 2.45) is 0 Å². The second-order valence-corrected chi connectivity index (χ2v) is 7.92. The van der Waals surface area contributed by atoms with Crippen LogP contribution in [-0.2, 0) is 25.9 Å². The van der Waals surface area contributed by atoms with Gasteiger partial charge in [-0.05, 0) is 37.7 Å². The molecule has 1 aromatic heterocycles. The fraction of sp³-hybridized carbons (Fsp3) is 0.640. The number of unbranched alkanes of at least 4 members (excludes halogenated alkanes) is 7. The summed E-state index contributed by atoms with van der Waals surface area (Å²) in [5.74, 6) is 1.55. The quantitative estimate of drug-likeness (QED) is 0.250. The van der Waals surface area contributed by atoms with Gasteiger partial charge in [-0.3, -0.25) is 0 Å². The van der Waals surface area contributed by atoms with Crippen molar-refractivity contribution in [1.29, 1.82) is 0 Å². The van der Waals surface area contributed by atoms with E-state index in [0.717, 1.165) is 6.54 Å². The Morgan fingerprint density at radius 1 is 0.741 bits per heavy atom. The van der Waals surface area contributed by atoms with Gasteiger partial charge in [0.05, 0.1) is 13.1 Å². The van der Waals surface area contributed by atoms with E-state index in [1.807, 2.05) is 0 Å². The van der Waals surface area contributed by atoms with Crippen molar-refractivity contribution in [2.45, 2.75) is 104 Å². The van der Waals surface area contributed by atoms with Crippen LogP contribution in [0.25, 0.3) is 0 Å². The van der Waals surface area contributed by atoms with E-state index in [-0.39, 0.29) is 0 Å². The number of hydrogen-bond acceptors (Lipinski definition) is 0. The third kappa shape index (κ3) is 8.32. The van der Waals surface area contributed by atoms with Crippen LogP contribution in [-0.4, -0.2) is 4.57 Å². The molecule has 0 aliphatic heterocycles. The summed E-state index contributed by atoms with van der Waals surface area (Å²) in [5.41, 5.74) is 1.46. The van der Waals surface area contributed by atoms with Gasteiger partial charge in [-0.25, -0.2) is 9.13 Å². The van der Waals surface area contributed by atoms with Gasteiger partial charge in [0.2, 0.25) is 0 Å². The van der Waals surface area contributed by atoms with Crippen molar-refractivity contribution < 1.29 is 4.57 Å². The molecular weight excluding hydrogens is 328 g/mol. The van der Waals surface area contributed by atoms with E-state index in [9.17, 15) is 0 Å². The molecule has 0 radical (unpaired) electrons. The van der Waals surface area contributed by atoms with Crippen LogP contribution in [0.15, 0.2) is 42.7 Å². The molecule has 2 nitrogen and oxygen atoms in total. The monoisotopic (exact) mass is 369 g/mol. The molecule has 0 unspecified atom stereocenters. The molecule has 2 heteroatoms. The Bertz CT molecular complexity index is 600. The number of imidazole rings is 1. The summed E-state index contributed by atoms with van der Waals surface area (Å²) in [6.07, 6.45) is 20.4. The average Bonchev–Trinajstić information content (AvgIpc) is 3.08. The topological polar surface area (TPSA) is 8.81 Å². The molecule has 0 fully saturated rings. The molecule has 1 aromatic carbocycles. The van der Waals surface area contributed by atoms with Gasteiger partial charge >= 0.3 is 0 Å². The summed E-state index contributed by atoms with van der Waals surface area (Å²) in [6, 6.07) is 10.9. The number of benzene rings is 1. The molecule has 2 rings (SSSR count). The third-order valence-electron chi connectivity index (χ3n) is 5.55. The smallest absolute Gasteiger partial charge is 0.234 e. The molecule has 1 heterocycles. The second kappa shape index (κ2) is 13.6. The second-order valence-electron chi connectivity index (χ2n) is 7.92. The highest BCUT2D eigenvalue weighted by molar-refractivity contribution is 5.14. The first kappa shape index (κ1) is 21.7. The molecule has 0 aliphatic rings. The van der Waals surface area contributed by atoms with Crippen molar-refractivity contribution in [3.63, 3.8) is 0 Å². The number of aromatic nitrogens is 2. The van der Waals surface area contributed by atoms with Crippen molar-refractivity contribution in [3.8, 4) is 0 Å². The lowest BCUT2D eigenvalue weighted by Crippen LogP contribution is -2.37. The van der Waals surface area contributed by atoms with Crippen LogP contribution in [0, 0.1) is 0 Å². The highest BCUT2D eigenvalue weighted by atomic mass is 15.1. The standard InChI is InChI=1S/C25H41N2/c1-3-5-7-9-14-20-26-22-23-27(25(26)19-13-8-6-4-2)21-15-18-24-16-11-10-12-17-24/h10-12,16-17,22-23H,3-9,13-15,18-21H2,1-2H3/q+1. The molecule has 0 amide bonds. The van der Waals surface area contributed by atoms with Gasteiger partial charge in [-0.1, -0.05) is 82.7 Å². The van der Waals surface area contributed by atoms with E-state index in [1.54, 1.807) is 5.82 Å². The Morgan fingerprint density at radius 2 is 1.44 bits per heavy atom. The minimum absolute atomic E-state index is 1.14. The number of aryl methyl sites for hydroxylation is 3. The summed E-state index contributed by atoms with van der Waals surface area (Å²) in [5, 5.41) is 0. The fourth-order valence-electron chi connectivity index (χ4n) is 3.89. The van der Waals surface area contributed by atoms with E-state index in [1.165, 1.54) is 89.2 Å². The van der Waals surface area contributed by atoms with Gasteiger partial charge in [-0.15, -0.1) is 0 Å². The van der Waals surface area contributed by atoms with Crippen molar-refractivity contribution in [3.05, 3.63) is 54.1 Å². The van der Waals surface area contributed by atoms with Crippen LogP contribution < -0.4 is 4.57 Å². The largest absolute Gasteiger partial charge is 0.256 e. The van der Waals surface area contributed by atoms with Gasteiger partial charge in [-0.2, -0.15) is 0 Å². The minimum atomic E-state index is 1.14. The van der Waals surface area contributed by atoms with E-state index in [4.69, 9.17) is 0 Å². The van der Waals surface area contributed by atoms with Gasteiger partial charge in [0.15, 0.2) is 0 Å². The van der Waals surface area contributed by atoms with Crippen LogP contribution in [0.1, 0.15) is 89.4 Å². The Morgan fingerprint density at radius 3 is 2.19 bits per heavy atom. The lowest BCUT2D eigenvalue weighted by atomic mass is 10.1. The maximum atomic E-state index is 2.54. The third-order valence-corrected chi connectivity index (χ3v) is 5.55. The Balaban J connectivity index is 1.88. The first-order valence-corrected chi connectivity index (χ1v) is 11.5. The molecule has 0 aliphatic carbocycles. The van der Waals surface area contributed by atoms with Gasteiger partial charge in [0.1, 0.15) is 12.4 Å². The molecule has 0 atom stereocenters. The molecule has 0 N–H and O–H groups in total. The van der Waals surface area contributed by atoms with E-state index in [2.05, 4.69) is 65.7 Å². The zero-order valence-electron chi connectivity index (χ0n) is 17.8. The van der Waals surface area contributed by atoms with Gasteiger partial charge in [0.25, 0.3) is 5.82 Å². The van der Waals surface area contributed by atoms with Crippen LogP contribution in [0.2, 0.25) is 0 Å². The maximum absolute atomic E-state index is 2.54. The van der Waals surface area contributed by atoms with E-state index < -0.39 is 0 Å². The summed E-state index contributed by atoms with van der Waals surface area (Å²) >= 11 is 0. The predicted octanol–water partition coefficient (Wildman–Crippen LogP) is 6.50. The lowest BCUT2D eigenvalue weighted by molar-refractivity contribution is -0.704. The number of nitrogens with zero attached hydrogens (tertiary/aromatic N) is 2. The minimum Gasteiger partial charge on any atom is -0.234 e. The zero-order chi connectivity index (χ0) is 19.2. The van der Waals surface area contributed by atoms with Gasteiger partial charge in [0, 0.05) is 6.42 Å².